The summed E-state index contributed by atoms with van der Waals surface area (Å²) in [4.78, 5) is 0. The topological polar surface area (TPSA) is 82.1 Å². The van der Waals surface area contributed by atoms with E-state index in [-0.39, 0.29) is 5.92 Å². The van der Waals surface area contributed by atoms with Crippen molar-refractivity contribution in [3.8, 4) is 0 Å². The molecular weight excluding hydrogens is 308 g/mol. The number of fused-ring (bicyclic) bond motifs is 1. The third-order valence-corrected chi connectivity index (χ3v) is 6.44. The fourth-order valence-corrected chi connectivity index (χ4v) is 5.39. The van der Waals surface area contributed by atoms with Crippen molar-refractivity contribution in [3.63, 3.8) is 0 Å². The Hall–Kier alpha value is -0.210. The van der Waals surface area contributed by atoms with Crippen LogP contribution in [0, 0.1) is 11.3 Å². The first-order valence-electron chi connectivity index (χ1n) is 7.95. The molecule has 1 saturated heterocycles. The highest BCUT2D eigenvalue weighted by Crippen LogP contribution is 2.58. The average Bonchev–Trinajstić information content (AvgIpc) is 2.84. The van der Waals surface area contributed by atoms with E-state index < -0.39 is 33.0 Å². The first kappa shape index (κ1) is 16.6. The minimum Gasteiger partial charge on any atom is -0.390 e. The lowest BCUT2D eigenvalue weighted by Gasteiger charge is -2.58. The lowest BCUT2D eigenvalue weighted by Crippen LogP contribution is -2.61. The normalized spacial score (nSPS) is 44.9. The van der Waals surface area contributed by atoms with Crippen LogP contribution in [-0.2, 0) is 23.8 Å². The van der Waals surface area contributed by atoms with E-state index in [1.807, 2.05) is 13.8 Å². The minimum atomic E-state index is -3.52. The number of ether oxygens (including phenoxy) is 2. The maximum Gasteiger partial charge on any atom is 0.264 e. The third-order valence-electron chi connectivity index (χ3n) is 5.86. The van der Waals surface area contributed by atoms with Crippen molar-refractivity contribution >= 4 is 10.1 Å². The summed E-state index contributed by atoms with van der Waals surface area (Å²) in [5, 5.41) is 10.9. The van der Waals surface area contributed by atoms with Crippen molar-refractivity contribution < 1.29 is 27.2 Å². The summed E-state index contributed by atoms with van der Waals surface area (Å²) in [6, 6.07) is 0. The Morgan fingerprint density at radius 2 is 1.77 bits per heavy atom. The van der Waals surface area contributed by atoms with Crippen LogP contribution in [0.4, 0.5) is 0 Å². The summed E-state index contributed by atoms with van der Waals surface area (Å²) in [5.74, 6) is -0.728. The number of hydrogen-bond acceptors (Lipinski definition) is 6. The molecule has 1 N–H and O–H groups in total. The van der Waals surface area contributed by atoms with Crippen molar-refractivity contribution in [2.24, 2.45) is 11.3 Å². The predicted octanol–water partition coefficient (Wildman–Crippen LogP) is 1.43. The van der Waals surface area contributed by atoms with E-state index in [0.29, 0.717) is 45.3 Å². The second-order valence-electron chi connectivity index (χ2n) is 7.55. The zero-order valence-corrected chi connectivity index (χ0v) is 14.3. The standard InChI is InChI=1S/C15H26O6S/c1-13-6-7-15(19-8-9-20-15)10-11(13)14(2,16)5-4-12(13)21-22(3,17)18/h11-12,16H,4-10H2,1-3H3/t11-,12-,13-,14+/m1/s1. The van der Waals surface area contributed by atoms with Crippen molar-refractivity contribution in [2.75, 3.05) is 19.5 Å². The van der Waals surface area contributed by atoms with E-state index in [1.165, 1.54) is 0 Å². The van der Waals surface area contributed by atoms with Gasteiger partial charge in [0, 0.05) is 24.2 Å². The number of aliphatic hydroxyl groups is 1. The molecule has 0 unspecified atom stereocenters. The first-order chi connectivity index (χ1) is 10.1. The van der Waals surface area contributed by atoms with Crippen molar-refractivity contribution in [3.05, 3.63) is 0 Å². The Morgan fingerprint density at radius 1 is 1.14 bits per heavy atom. The molecule has 6 nitrogen and oxygen atoms in total. The Kier molecular flexibility index (Phi) is 3.89. The third kappa shape index (κ3) is 2.82. The maximum atomic E-state index is 11.6. The van der Waals surface area contributed by atoms with E-state index >= 15 is 0 Å². The smallest absolute Gasteiger partial charge is 0.264 e. The zero-order chi connectivity index (χ0) is 16.2. The Labute approximate surface area is 132 Å². The SMILES string of the molecule is C[C@@]12CCC3(C[C@H]1[C@@](C)(O)CC[C@H]2OS(C)(=O)=O)OCCO3. The molecule has 0 aromatic rings. The molecule has 3 rings (SSSR count). The summed E-state index contributed by atoms with van der Waals surface area (Å²) >= 11 is 0. The fourth-order valence-electron chi connectivity index (χ4n) is 4.65. The Balaban J connectivity index is 1.90. The maximum absolute atomic E-state index is 11.6. The van der Waals surface area contributed by atoms with Crippen LogP contribution in [-0.4, -0.2) is 50.5 Å². The van der Waals surface area contributed by atoms with Gasteiger partial charge < -0.3 is 14.6 Å². The van der Waals surface area contributed by atoms with Gasteiger partial charge >= 0.3 is 0 Å². The van der Waals surface area contributed by atoms with Gasteiger partial charge in [-0.1, -0.05) is 6.92 Å². The highest BCUT2D eigenvalue weighted by atomic mass is 32.2. The first-order valence-corrected chi connectivity index (χ1v) is 9.77. The molecule has 1 heterocycles. The van der Waals surface area contributed by atoms with Crippen molar-refractivity contribution in [1.29, 1.82) is 0 Å². The van der Waals surface area contributed by atoms with Gasteiger partial charge in [-0.3, -0.25) is 4.18 Å². The van der Waals surface area contributed by atoms with Gasteiger partial charge in [0.2, 0.25) is 0 Å². The molecule has 4 atom stereocenters. The van der Waals surface area contributed by atoms with Crippen LogP contribution in [0.25, 0.3) is 0 Å². The molecular formula is C15H26O6S. The molecule has 1 aliphatic heterocycles. The van der Waals surface area contributed by atoms with E-state index in [9.17, 15) is 13.5 Å². The van der Waals surface area contributed by atoms with E-state index in [2.05, 4.69) is 0 Å². The molecule has 0 radical (unpaired) electrons. The largest absolute Gasteiger partial charge is 0.390 e. The van der Waals surface area contributed by atoms with Crippen molar-refractivity contribution in [2.45, 2.75) is 63.4 Å². The summed E-state index contributed by atoms with van der Waals surface area (Å²) in [7, 11) is -3.52. The lowest BCUT2D eigenvalue weighted by atomic mass is 9.53. The minimum absolute atomic E-state index is 0.118. The van der Waals surface area contributed by atoms with Crippen LogP contribution in [0.5, 0.6) is 0 Å². The summed E-state index contributed by atoms with van der Waals surface area (Å²) in [6.45, 7) is 5.02. The number of hydrogen-bond donors (Lipinski definition) is 1. The molecule has 3 fully saturated rings. The van der Waals surface area contributed by atoms with E-state index in [1.54, 1.807) is 0 Å². The van der Waals surface area contributed by atoms with Gasteiger partial charge in [-0.05, 0) is 26.2 Å². The molecule has 2 aliphatic carbocycles. The molecule has 7 heteroatoms. The molecule has 1 spiro atoms. The van der Waals surface area contributed by atoms with E-state index in [0.717, 1.165) is 6.26 Å². The molecule has 2 saturated carbocycles. The molecule has 0 aromatic carbocycles. The van der Waals surface area contributed by atoms with Gasteiger partial charge in [0.05, 0.1) is 31.2 Å². The van der Waals surface area contributed by atoms with Gasteiger partial charge in [0.25, 0.3) is 10.1 Å². The van der Waals surface area contributed by atoms with Crippen LogP contribution >= 0.6 is 0 Å². The van der Waals surface area contributed by atoms with Crippen LogP contribution in [0.3, 0.4) is 0 Å². The Morgan fingerprint density at radius 3 is 2.36 bits per heavy atom. The van der Waals surface area contributed by atoms with Gasteiger partial charge in [-0.2, -0.15) is 8.42 Å². The molecule has 3 aliphatic rings. The molecule has 22 heavy (non-hydrogen) atoms. The monoisotopic (exact) mass is 334 g/mol. The van der Waals surface area contributed by atoms with Gasteiger partial charge in [-0.15, -0.1) is 0 Å². The molecule has 0 aromatic heterocycles. The number of rotatable bonds is 2. The van der Waals surface area contributed by atoms with Gasteiger partial charge in [0.15, 0.2) is 5.79 Å². The zero-order valence-electron chi connectivity index (χ0n) is 13.5. The quantitative estimate of drug-likeness (QED) is 0.769. The summed E-state index contributed by atoms with van der Waals surface area (Å²) in [6.07, 6.45) is 3.76. The van der Waals surface area contributed by atoms with Crippen molar-refractivity contribution in [1.82, 2.24) is 0 Å². The summed E-state index contributed by atoms with van der Waals surface area (Å²) in [5.41, 5.74) is -1.26. The summed E-state index contributed by atoms with van der Waals surface area (Å²) < 4.78 is 40.2. The molecule has 0 amide bonds. The lowest BCUT2D eigenvalue weighted by molar-refractivity contribution is -0.253. The highest BCUT2D eigenvalue weighted by Gasteiger charge is 2.61. The van der Waals surface area contributed by atoms with Crippen LogP contribution in [0.15, 0.2) is 0 Å². The average molecular weight is 334 g/mol. The molecule has 0 bridgehead atoms. The second kappa shape index (κ2) is 5.14. The Bertz CT molecular complexity index is 536. The highest BCUT2D eigenvalue weighted by molar-refractivity contribution is 7.86. The van der Waals surface area contributed by atoms with Crippen LogP contribution in [0.1, 0.15) is 46.0 Å². The van der Waals surface area contributed by atoms with Gasteiger partial charge in [0.1, 0.15) is 0 Å². The predicted molar refractivity (Wildman–Crippen MR) is 79.7 cm³/mol. The molecule has 128 valence electrons. The van der Waals surface area contributed by atoms with Crippen LogP contribution in [0.2, 0.25) is 0 Å². The van der Waals surface area contributed by atoms with Gasteiger partial charge in [-0.25, -0.2) is 0 Å². The fraction of sp³-hybridized carbons (Fsp3) is 1.00. The second-order valence-corrected chi connectivity index (χ2v) is 9.16. The van der Waals surface area contributed by atoms with Crippen LogP contribution < -0.4 is 0 Å². The van der Waals surface area contributed by atoms with E-state index in [4.69, 9.17) is 13.7 Å².